The zero-order valence-corrected chi connectivity index (χ0v) is 16.5. The van der Waals surface area contributed by atoms with E-state index in [4.69, 9.17) is 5.73 Å². The van der Waals surface area contributed by atoms with Gasteiger partial charge >= 0.3 is 0 Å². The Morgan fingerprint density at radius 2 is 2.00 bits per heavy atom. The number of rotatable bonds is 10. The number of hydrogen-bond acceptors (Lipinski definition) is 3. The van der Waals surface area contributed by atoms with Crippen molar-refractivity contribution in [1.82, 2.24) is 9.97 Å². The van der Waals surface area contributed by atoms with Crippen LogP contribution in [0.4, 0.5) is 5.95 Å². The maximum atomic E-state index is 5.99. The van der Waals surface area contributed by atoms with Crippen molar-refractivity contribution < 1.29 is 0 Å². The monoisotopic (exact) mass is 342 g/mol. The smallest absolute Gasteiger partial charge is 0.251 e. The zero-order valence-electron chi connectivity index (χ0n) is 16.5. The first-order valence-electron chi connectivity index (χ1n) is 9.53. The molecule has 1 rings (SSSR count). The van der Waals surface area contributed by atoms with Crippen molar-refractivity contribution in [2.45, 2.75) is 73.1 Å². The van der Waals surface area contributed by atoms with Crippen molar-refractivity contribution >= 4 is 11.8 Å². The average molecular weight is 343 g/mol. The Kier molecular flexibility index (Phi) is 9.75. The van der Waals surface area contributed by atoms with E-state index in [-0.39, 0.29) is 0 Å². The quantitative estimate of drug-likeness (QED) is 0.356. The Morgan fingerprint density at radius 3 is 2.60 bits per heavy atom. The lowest BCUT2D eigenvalue weighted by Gasteiger charge is -2.12. The summed E-state index contributed by atoms with van der Waals surface area (Å²) in [5, 5.41) is 0. The van der Waals surface area contributed by atoms with Crippen LogP contribution in [0.2, 0.25) is 0 Å². The molecule has 0 saturated carbocycles. The molecule has 1 aromatic rings. The van der Waals surface area contributed by atoms with Crippen LogP contribution in [0.1, 0.15) is 71.6 Å². The molecule has 1 heterocycles. The maximum absolute atomic E-state index is 5.99. The van der Waals surface area contributed by atoms with Crippen LogP contribution in [0.3, 0.4) is 0 Å². The highest BCUT2D eigenvalue weighted by Crippen LogP contribution is 2.19. The van der Waals surface area contributed by atoms with Gasteiger partial charge in [0.1, 0.15) is 5.84 Å². The van der Waals surface area contributed by atoms with E-state index in [0.29, 0.717) is 11.8 Å². The van der Waals surface area contributed by atoms with E-state index in [1.165, 1.54) is 24.8 Å². The van der Waals surface area contributed by atoms with Crippen molar-refractivity contribution in [2.75, 3.05) is 0 Å². The van der Waals surface area contributed by atoms with Crippen molar-refractivity contribution in [3.05, 3.63) is 41.3 Å². The molecule has 0 aliphatic carbocycles. The third kappa shape index (κ3) is 7.63. The molecule has 4 heteroatoms. The Bertz CT molecular complexity index is 610. The van der Waals surface area contributed by atoms with E-state index >= 15 is 0 Å². The summed E-state index contributed by atoms with van der Waals surface area (Å²) in [6.07, 6.45) is 14.6. The Morgan fingerprint density at radius 1 is 1.28 bits per heavy atom. The summed E-state index contributed by atoms with van der Waals surface area (Å²) in [6, 6.07) is 0. The molecule has 138 valence electrons. The van der Waals surface area contributed by atoms with Crippen LogP contribution >= 0.6 is 0 Å². The van der Waals surface area contributed by atoms with Gasteiger partial charge in [-0.2, -0.15) is 4.99 Å². The van der Waals surface area contributed by atoms with Gasteiger partial charge in [-0.05, 0) is 56.2 Å². The molecule has 0 bridgehead atoms. The van der Waals surface area contributed by atoms with E-state index in [1.54, 1.807) is 0 Å². The molecule has 0 atom stereocenters. The molecule has 0 fully saturated rings. The molecule has 0 radical (unpaired) electrons. The lowest BCUT2D eigenvalue weighted by Crippen LogP contribution is -2.09. The summed E-state index contributed by atoms with van der Waals surface area (Å²) in [7, 11) is 0. The predicted molar refractivity (Wildman–Crippen MR) is 108 cm³/mol. The van der Waals surface area contributed by atoms with Crippen LogP contribution < -0.4 is 5.73 Å². The standard InChI is InChI=1S/C21H34N4/c1-6-11-16(5)14-20(22)25-21-23-15-18(9-4)19(24-21)13-10-12-17(7-2)8-3/h6,11,14-15,17H,7-10,12-13H2,1-5H3,(H2,22,23,24,25)/b11-6-,16-14-. The van der Waals surface area contributed by atoms with E-state index < -0.39 is 0 Å². The largest absolute Gasteiger partial charge is 0.384 e. The number of aryl methyl sites for hydroxylation is 2. The lowest BCUT2D eigenvalue weighted by atomic mass is 9.95. The van der Waals surface area contributed by atoms with E-state index in [1.807, 2.05) is 38.3 Å². The van der Waals surface area contributed by atoms with Crippen LogP contribution in [0.5, 0.6) is 0 Å². The molecule has 0 amide bonds. The fraction of sp³-hybridized carbons (Fsp3) is 0.571. The van der Waals surface area contributed by atoms with Crippen molar-refractivity contribution in [3.8, 4) is 0 Å². The number of nitrogens with two attached hydrogens (primary N) is 1. The molecular weight excluding hydrogens is 308 g/mol. The highest BCUT2D eigenvalue weighted by atomic mass is 15.1. The van der Waals surface area contributed by atoms with Crippen LogP contribution in [0.15, 0.2) is 35.0 Å². The second-order valence-corrected chi connectivity index (χ2v) is 6.50. The molecular formula is C21H34N4. The third-order valence-electron chi connectivity index (χ3n) is 4.54. The summed E-state index contributed by atoms with van der Waals surface area (Å²) in [4.78, 5) is 13.4. The first kappa shape index (κ1) is 21.1. The normalized spacial score (nSPS) is 13.2. The first-order chi connectivity index (χ1) is 12.0. The van der Waals surface area contributed by atoms with Crippen molar-refractivity contribution in [3.63, 3.8) is 0 Å². The minimum absolute atomic E-state index is 0.433. The number of aliphatic imine (C=N–C) groups is 1. The number of amidine groups is 1. The summed E-state index contributed by atoms with van der Waals surface area (Å²) < 4.78 is 0. The molecule has 0 saturated heterocycles. The minimum Gasteiger partial charge on any atom is -0.384 e. The second-order valence-electron chi connectivity index (χ2n) is 6.50. The minimum atomic E-state index is 0.433. The molecule has 2 N–H and O–H groups in total. The Hall–Kier alpha value is -1.97. The van der Waals surface area contributed by atoms with Crippen molar-refractivity contribution in [2.24, 2.45) is 16.6 Å². The van der Waals surface area contributed by atoms with Gasteiger partial charge in [0, 0.05) is 11.9 Å². The van der Waals surface area contributed by atoms with Gasteiger partial charge in [0.15, 0.2) is 0 Å². The summed E-state index contributed by atoms with van der Waals surface area (Å²) in [6.45, 7) is 10.7. The summed E-state index contributed by atoms with van der Waals surface area (Å²) >= 11 is 0. The second kappa shape index (κ2) is 11.6. The van der Waals surface area contributed by atoms with E-state index in [0.717, 1.165) is 36.4 Å². The molecule has 0 spiro atoms. The number of aromatic nitrogens is 2. The van der Waals surface area contributed by atoms with Gasteiger partial charge < -0.3 is 5.73 Å². The van der Waals surface area contributed by atoms with Crippen LogP contribution in [-0.4, -0.2) is 15.8 Å². The van der Waals surface area contributed by atoms with E-state index in [2.05, 4.69) is 35.7 Å². The van der Waals surface area contributed by atoms with Crippen molar-refractivity contribution in [1.29, 1.82) is 0 Å². The topological polar surface area (TPSA) is 64.2 Å². The van der Waals surface area contributed by atoms with Crippen LogP contribution in [0, 0.1) is 5.92 Å². The summed E-state index contributed by atoms with van der Waals surface area (Å²) in [5.41, 5.74) is 9.37. The average Bonchev–Trinajstić information content (AvgIpc) is 2.59. The number of hydrogen-bond donors (Lipinski definition) is 1. The Labute approximate surface area is 153 Å². The van der Waals surface area contributed by atoms with Crippen LogP contribution in [0.25, 0.3) is 0 Å². The zero-order chi connectivity index (χ0) is 18.7. The van der Waals surface area contributed by atoms with E-state index in [9.17, 15) is 0 Å². The molecule has 0 aliphatic rings. The number of nitrogens with zero attached hydrogens (tertiary/aromatic N) is 3. The third-order valence-corrected chi connectivity index (χ3v) is 4.54. The highest BCUT2D eigenvalue weighted by molar-refractivity contribution is 5.93. The lowest BCUT2D eigenvalue weighted by molar-refractivity contribution is 0.440. The molecule has 0 unspecified atom stereocenters. The fourth-order valence-corrected chi connectivity index (χ4v) is 2.94. The summed E-state index contributed by atoms with van der Waals surface area (Å²) in [5.74, 6) is 1.71. The SMILES string of the molecule is C/C=C\C(C)=C/C(N)=Nc1ncc(CC)c(CCCC(CC)CC)n1. The van der Waals surface area contributed by atoms with Gasteiger partial charge in [-0.15, -0.1) is 0 Å². The van der Waals surface area contributed by atoms with Gasteiger partial charge in [-0.3, -0.25) is 0 Å². The highest BCUT2D eigenvalue weighted by Gasteiger charge is 2.08. The molecule has 0 aliphatic heterocycles. The molecule has 25 heavy (non-hydrogen) atoms. The molecule has 0 aromatic carbocycles. The fourth-order valence-electron chi connectivity index (χ4n) is 2.94. The first-order valence-corrected chi connectivity index (χ1v) is 9.53. The van der Waals surface area contributed by atoms with Gasteiger partial charge in [-0.25, -0.2) is 9.97 Å². The Balaban J connectivity index is 2.88. The van der Waals surface area contributed by atoms with Gasteiger partial charge in [0.25, 0.3) is 5.95 Å². The molecule has 4 nitrogen and oxygen atoms in total. The van der Waals surface area contributed by atoms with Gasteiger partial charge in [0.2, 0.25) is 0 Å². The molecule has 1 aromatic heterocycles. The predicted octanol–water partition coefficient (Wildman–Crippen LogP) is 5.31. The number of allylic oxidation sites excluding steroid dienone is 3. The van der Waals surface area contributed by atoms with Crippen LogP contribution in [-0.2, 0) is 12.8 Å². The van der Waals surface area contributed by atoms with Gasteiger partial charge in [-0.1, -0.05) is 52.2 Å². The van der Waals surface area contributed by atoms with Gasteiger partial charge in [0.05, 0.1) is 0 Å². The maximum Gasteiger partial charge on any atom is 0.251 e.